The molecule has 0 amide bonds. The van der Waals surface area contributed by atoms with Gasteiger partial charge in [0.2, 0.25) is 0 Å². The van der Waals surface area contributed by atoms with Crippen LogP contribution in [-0.2, 0) is 10.0 Å². The number of aryl methyl sites for hydroxylation is 1. The third-order valence-corrected chi connectivity index (χ3v) is 4.88. The molecule has 0 fully saturated rings. The summed E-state index contributed by atoms with van der Waals surface area (Å²) in [6.45, 7) is 1.52. The number of nitrogens with one attached hydrogen (secondary N) is 1. The minimum absolute atomic E-state index is 0.00460. The van der Waals surface area contributed by atoms with Gasteiger partial charge in [-0.15, -0.1) is 0 Å². The lowest BCUT2D eigenvalue weighted by molar-refractivity contribution is 0.598. The minimum atomic E-state index is -3.81. The van der Waals surface area contributed by atoms with Gasteiger partial charge in [-0.1, -0.05) is 23.2 Å². The van der Waals surface area contributed by atoms with Gasteiger partial charge in [0.1, 0.15) is 5.82 Å². The van der Waals surface area contributed by atoms with Crippen molar-refractivity contribution < 1.29 is 12.8 Å². The van der Waals surface area contributed by atoms with Crippen molar-refractivity contribution in [3.63, 3.8) is 0 Å². The SMILES string of the molecule is Cc1cc(F)ccc1S(=O)(=O)Nc1ccc(Cl)c(Cl)c1. The van der Waals surface area contributed by atoms with Gasteiger partial charge in [-0.25, -0.2) is 12.8 Å². The molecular weight excluding hydrogens is 324 g/mol. The van der Waals surface area contributed by atoms with Crippen LogP contribution in [0.3, 0.4) is 0 Å². The second-order valence-corrected chi connectivity index (χ2v) is 6.61. The molecular formula is C13H10Cl2FNO2S. The van der Waals surface area contributed by atoms with E-state index in [1.807, 2.05) is 0 Å². The molecule has 0 aliphatic rings. The van der Waals surface area contributed by atoms with Crippen molar-refractivity contribution in [1.29, 1.82) is 0 Å². The molecule has 0 saturated heterocycles. The summed E-state index contributed by atoms with van der Waals surface area (Å²) < 4.78 is 39.8. The first kappa shape index (κ1) is 15.1. The summed E-state index contributed by atoms with van der Waals surface area (Å²) in [6, 6.07) is 7.84. The summed E-state index contributed by atoms with van der Waals surface area (Å²) >= 11 is 11.6. The van der Waals surface area contributed by atoms with Gasteiger partial charge in [-0.3, -0.25) is 4.72 Å². The summed E-state index contributed by atoms with van der Waals surface area (Å²) in [5.41, 5.74) is 0.598. The van der Waals surface area contributed by atoms with E-state index in [2.05, 4.69) is 4.72 Å². The molecule has 0 heterocycles. The van der Waals surface area contributed by atoms with Crippen molar-refractivity contribution in [1.82, 2.24) is 0 Å². The van der Waals surface area contributed by atoms with Gasteiger partial charge < -0.3 is 0 Å². The zero-order chi connectivity index (χ0) is 14.9. The number of sulfonamides is 1. The predicted octanol–water partition coefficient (Wildman–Crippen LogP) is 4.24. The largest absolute Gasteiger partial charge is 0.280 e. The molecule has 1 N–H and O–H groups in total. The predicted molar refractivity (Wildman–Crippen MR) is 78.4 cm³/mol. The zero-order valence-electron chi connectivity index (χ0n) is 10.3. The van der Waals surface area contributed by atoms with Crippen LogP contribution in [0.5, 0.6) is 0 Å². The topological polar surface area (TPSA) is 46.2 Å². The van der Waals surface area contributed by atoms with Gasteiger partial charge in [-0.05, 0) is 48.9 Å². The van der Waals surface area contributed by atoms with Crippen LogP contribution in [0.25, 0.3) is 0 Å². The molecule has 2 aromatic carbocycles. The van der Waals surface area contributed by atoms with E-state index in [9.17, 15) is 12.8 Å². The van der Waals surface area contributed by atoms with Gasteiger partial charge in [0.15, 0.2) is 0 Å². The van der Waals surface area contributed by atoms with Crippen molar-refractivity contribution in [3.8, 4) is 0 Å². The maximum Gasteiger partial charge on any atom is 0.262 e. The Balaban J connectivity index is 2.38. The van der Waals surface area contributed by atoms with Gasteiger partial charge in [-0.2, -0.15) is 0 Å². The van der Waals surface area contributed by atoms with E-state index < -0.39 is 15.8 Å². The minimum Gasteiger partial charge on any atom is -0.280 e. The van der Waals surface area contributed by atoms with Crippen LogP contribution in [0.2, 0.25) is 10.0 Å². The van der Waals surface area contributed by atoms with Crippen LogP contribution in [0.1, 0.15) is 5.56 Å². The standard InChI is InChI=1S/C13H10Cl2FNO2S/c1-8-6-9(16)2-5-13(8)20(18,19)17-10-3-4-11(14)12(15)7-10/h2-7,17H,1H3. The molecule has 0 saturated carbocycles. The van der Waals surface area contributed by atoms with Crippen LogP contribution >= 0.6 is 23.2 Å². The summed E-state index contributed by atoms with van der Waals surface area (Å²) in [5, 5.41) is 0.565. The van der Waals surface area contributed by atoms with Crippen molar-refractivity contribution in [3.05, 3.63) is 57.8 Å². The Labute approximate surface area is 126 Å². The second kappa shape index (κ2) is 5.60. The van der Waals surface area contributed by atoms with Gasteiger partial charge >= 0.3 is 0 Å². The summed E-state index contributed by atoms with van der Waals surface area (Å²) in [5.74, 6) is -0.490. The molecule has 0 bridgehead atoms. The molecule has 0 atom stereocenters. The van der Waals surface area contributed by atoms with Crippen molar-refractivity contribution >= 4 is 38.9 Å². The van der Waals surface area contributed by atoms with Crippen LogP contribution < -0.4 is 4.72 Å². The number of hydrogen-bond donors (Lipinski definition) is 1. The highest BCUT2D eigenvalue weighted by Gasteiger charge is 2.17. The van der Waals surface area contributed by atoms with Gasteiger partial charge in [0.05, 0.1) is 20.6 Å². The van der Waals surface area contributed by atoms with Crippen molar-refractivity contribution in [2.45, 2.75) is 11.8 Å². The third kappa shape index (κ3) is 3.23. The Morgan fingerprint density at radius 1 is 1.05 bits per heavy atom. The lowest BCUT2D eigenvalue weighted by atomic mass is 10.2. The fourth-order valence-corrected chi connectivity index (χ4v) is 3.26. The number of hydrogen-bond acceptors (Lipinski definition) is 2. The molecule has 2 rings (SSSR count). The fraction of sp³-hybridized carbons (Fsp3) is 0.0769. The summed E-state index contributed by atoms with van der Waals surface area (Å²) in [7, 11) is -3.81. The lowest BCUT2D eigenvalue weighted by Gasteiger charge is -2.11. The highest BCUT2D eigenvalue weighted by Crippen LogP contribution is 2.27. The third-order valence-electron chi connectivity index (χ3n) is 2.60. The van der Waals surface area contributed by atoms with E-state index in [1.54, 1.807) is 0 Å². The van der Waals surface area contributed by atoms with E-state index in [4.69, 9.17) is 23.2 Å². The average Bonchev–Trinajstić information content (AvgIpc) is 2.33. The highest BCUT2D eigenvalue weighted by molar-refractivity contribution is 7.92. The lowest BCUT2D eigenvalue weighted by Crippen LogP contribution is -2.14. The first-order valence-electron chi connectivity index (χ1n) is 5.53. The highest BCUT2D eigenvalue weighted by atomic mass is 35.5. The molecule has 7 heteroatoms. The van der Waals surface area contributed by atoms with Crippen LogP contribution in [0.4, 0.5) is 10.1 Å². The van der Waals surface area contributed by atoms with E-state index in [0.717, 1.165) is 12.1 Å². The Hall–Kier alpha value is -1.30. The maximum atomic E-state index is 13.0. The fourth-order valence-electron chi connectivity index (χ4n) is 1.68. The molecule has 106 valence electrons. The van der Waals surface area contributed by atoms with Crippen molar-refractivity contribution in [2.24, 2.45) is 0 Å². The summed E-state index contributed by atoms with van der Waals surface area (Å²) in [4.78, 5) is 0.00460. The molecule has 20 heavy (non-hydrogen) atoms. The van der Waals surface area contributed by atoms with E-state index in [0.29, 0.717) is 10.6 Å². The molecule has 3 nitrogen and oxygen atoms in total. The Kier molecular flexibility index (Phi) is 4.22. The number of anilines is 1. The first-order chi connectivity index (χ1) is 9.29. The van der Waals surface area contributed by atoms with Crippen LogP contribution in [0, 0.1) is 12.7 Å². The Bertz CT molecular complexity index is 763. The van der Waals surface area contributed by atoms with E-state index in [-0.39, 0.29) is 15.6 Å². The number of rotatable bonds is 3. The number of halogens is 3. The summed E-state index contributed by atoms with van der Waals surface area (Å²) in [6.07, 6.45) is 0. The zero-order valence-corrected chi connectivity index (χ0v) is 12.7. The normalized spacial score (nSPS) is 11.4. The molecule has 0 radical (unpaired) electrons. The smallest absolute Gasteiger partial charge is 0.262 e. The van der Waals surface area contributed by atoms with Crippen LogP contribution in [-0.4, -0.2) is 8.42 Å². The first-order valence-corrected chi connectivity index (χ1v) is 7.77. The monoisotopic (exact) mass is 333 g/mol. The quantitative estimate of drug-likeness (QED) is 0.912. The Morgan fingerprint density at radius 2 is 1.75 bits per heavy atom. The number of benzene rings is 2. The maximum absolute atomic E-state index is 13.0. The molecule has 0 aliphatic heterocycles. The van der Waals surface area contributed by atoms with Gasteiger partial charge in [0, 0.05) is 0 Å². The van der Waals surface area contributed by atoms with Crippen molar-refractivity contribution in [2.75, 3.05) is 4.72 Å². The average molecular weight is 334 g/mol. The molecule has 0 aromatic heterocycles. The molecule has 0 aliphatic carbocycles. The molecule has 0 unspecified atom stereocenters. The molecule has 2 aromatic rings. The van der Waals surface area contributed by atoms with Crippen LogP contribution in [0.15, 0.2) is 41.3 Å². The Morgan fingerprint density at radius 3 is 2.35 bits per heavy atom. The van der Waals surface area contributed by atoms with E-state index in [1.165, 1.54) is 31.2 Å². The van der Waals surface area contributed by atoms with E-state index >= 15 is 0 Å². The molecule has 0 spiro atoms. The van der Waals surface area contributed by atoms with Gasteiger partial charge in [0.25, 0.3) is 10.0 Å². The second-order valence-electron chi connectivity index (χ2n) is 4.14.